The molecule has 2 rings (SSSR count). The maximum Gasteiger partial charge on any atom is 0.144 e. The van der Waals surface area contributed by atoms with Crippen molar-refractivity contribution >= 4 is 29.0 Å². The van der Waals surface area contributed by atoms with Crippen LogP contribution < -0.4 is 4.74 Å². The molecule has 0 heterocycles. The number of aliphatic hydroxyl groups is 1. The van der Waals surface area contributed by atoms with Crippen molar-refractivity contribution in [1.82, 2.24) is 0 Å². The van der Waals surface area contributed by atoms with Crippen molar-refractivity contribution in [2.24, 2.45) is 0 Å². The lowest BCUT2D eigenvalue weighted by atomic mass is 10.0. The van der Waals surface area contributed by atoms with Crippen molar-refractivity contribution < 1.29 is 14.6 Å². The summed E-state index contributed by atoms with van der Waals surface area (Å²) in [7, 11) is 0. The zero-order valence-electron chi connectivity index (χ0n) is 12.1. The minimum Gasteiger partial charge on any atom is -0.487 e. The average molecular weight is 339 g/mol. The lowest BCUT2D eigenvalue weighted by Crippen LogP contribution is -2.07. The first-order valence-corrected chi connectivity index (χ1v) is 7.56. The van der Waals surface area contributed by atoms with E-state index in [1.165, 1.54) is 6.92 Å². The Morgan fingerprint density at radius 3 is 2.55 bits per heavy atom. The minimum absolute atomic E-state index is 0.0155. The molecule has 22 heavy (non-hydrogen) atoms. The van der Waals surface area contributed by atoms with Crippen molar-refractivity contribution in [1.29, 1.82) is 0 Å². The largest absolute Gasteiger partial charge is 0.487 e. The van der Waals surface area contributed by atoms with E-state index in [4.69, 9.17) is 27.9 Å². The molecule has 1 N–H and O–H groups in total. The van der Waals surface area contributed by atoms with Crippen molar-refractivity contribution in [2.45, 2.75) is 26.1 Å². The number of benzene rings is 2. The maximum absolute atomic E-state index is 11.2. The standard InChI is InChI=1S/C17H16Cl2O3/c1-11(20)7-16(21)14-8-13(18)9-15(19)17(14)22-10-12-5-3-2-4-6-12/h2-6,8-9,16,21H,7,10H2,1H3. The summed E-state index contributed by atoms with van der Waals surface area (Å²) in [5, 5.41) is 10.9. The lowest BCUT2D eigenvalue weighted by Gasteiger charge is -2.17. The van der Waals surface area contributed by atoms with Gasteiger partial charge in [0.25, 0.3) is 0 Å². The molecule has 0 aliphatic heterocycles. The van der Waals surface area contributed by atoms with Crippen molar-refractivity contribution in [3.8, 4) is 5.75 Å². The smallest absolute Gasteiger partial charge is 0.144 e. The predicted octanol–water partition coefficient (Wildman–Crippen LogP) is 4.58. The van der Waals surface area contributed by atoms with Gasteiger partial charge in [0.1, 0.15) is 18.1 Å². The first-order chi connectivity index (χ1) is 10.5. The Morgan fingerprint density at radius 1 is 1.23 bits per heavy atom. The van der Waals surface area contributed by atoms with E-state index in [2.05, 4.69) is 0 Å². The van der Waals surface area contributed by atoms with Gasteiger partial charge < -0.3 is 9.84 Å². The predicted molar refractivity (Wildman–Crippen MR) is 87.5 cm³/mol. The van der Waals surface area contributed by atoms with E-state index < -0.39 is 6.10 Å². The summed E-state index contributed by atoms with van der Waals surface area (Å²) >= 11 is 12.2. The molecule has 0 aliphatic rings. The normalized spacial score (nSPS) is 12.0. The second-order valence-corrected chi connectivity index (χ2v) is 5.85. The third-order valence-corrected chi connectivity index (χ3v) is 3.60. The highest BCUT2D eigenvalue weighted by molar-refractivity contribution is 6.35. The minimum atomic E-state index is -1.00. The van der Waals surface area contributed by atoms with E-state index in [0.29, 0.717) is 28.0 Å². The van der Waals surface area contributed by atoms with Crippen LogP contribution in [0.25, 0.3) is 0 Å². The van der Waals surface area contributed by atoms with Crippen LogP contribution in [0.1, 0.15) is 30.6 Å². The van der Waals surface area contributed by atoms with Crippen LogP contribution in [0.15, 0.2) is 42.5 Å². The summed E-state index contributed by atoms with van der Waals surface area (Å²) in [6.07, 6.45) is -1.02. The molecule has 0 bridgehead atoms. The Bertz CT molecular complexity index is 656. The fourth-order valence-electron chi connectivity index (χ4n) is 2.09. The molecule has 3 nitrogen and oxygen atoms in total. The van der Waals surface area contributed by atoms with Gasteiger partial charge in [0.2, 0.25) is 0 Å². The zero-order valence-corrected chi connectivity index (χ0v) is 13.6. The molecule has 0 amide bonds. The topological polar surface area (TPSA) is 46.5 Å². The van der Waals surface area contributed by atoms with Crippen LogP contribution in [0.4, 0.5) is 0 Å². The molecule has 0 aliphatic carbocycles. The molecule has 0 radical (unpaired) electrons. The van der Waals surface area contributed by atoms with Gasteiger partial charge in [-0.3, -0.25) is 4.79 Å². The molecular weight excluding hydrogens is 323 g/mol. The summed E-state index contributed by atoms with van der Waals surface area (Å²) in [5.41, 5.74) is 1.39. The van der Waals surface area contributed by atoms with E-state index in [9.17, 15) is 9.90 Å². The Labute approximate surface area is 139 Å². The SMILES string of the molecule is CC(=O)CC(O)c1cc(Cl)cc(Cl)c1OCc1ccccc1. The lowest BCUT2D eigenvalue weighted by molar-refractivity contribution is -0.118. The van der Waals surface area contributed by atoms with Crippen LogP contribution in [-0.4, -0.2) is 10.9 Å². The molecule has 2 aromatic rings. The molecule has 0 saturated heterocycles. The molecular formula is C17H16Cl2O3. The van der Waals surface area contributed by atoms with Crippen LogP contribution in [0.3, 0.4) is 0 Å². The number of hydrogen-bond acceptors (Lipinski definition) is 3. The Kier molecular flexibility index (Phi) is 5.83. The fourth-order valence-corrected chi connectivity index (χ4v) is 2.66. The average Bonchev–Trinajstić information content (AvgIpc) is 2.46. The Morgan fingerprint density at radius 2 is 1.91 bits per heavy atom. The number of aliphatic hydroxyl groups excluding tert-OH is 1. The third kappa shape index (κ3) is 4.47. The molecule has 0 spiro atoms. The molecule has 2 aromatic carbocycles. The number of hydrogen-bond donors (Lipinski definition) is 1. The number of ether oxygens (including phenoxy) is 1. The van der Waals surface area contributed by atoms with Gasteiger partial charge in [0, 0.05) is 17.0 Å². The summed E-state index contributed by atoms with van der Waals surface area (Å²) in [4.78, 5) is 11.2. The van der Waals surface area contributed by atoms with Gasteiger partial charge in [-0.05, 0) is 24.6 Å². The van der Waals surface area contributed by atoms with Gasteiger partial charge in [-0.2, -0.15) is 0 Å². The highest BCUT2D eigenvalue weighted by atomic mass is 35.5. The zero-order chi connectivity index (χ0) is 16.1. The van der Waals surface area contributed by atoms with E-state index in [1.54, 1.807) is 12.1 Å². The summed E-state index contributed by atoms with van der Waals surface area (Å²) < 4.78 is 5.75. The monoisotopic (exact) mass is 338 g/mol. The molecule has 1 atom stereocenters. The highest BCUT2D eigenvalue weighted by Crippen LogP contribution is 2.37. The van der Waals surface area contributed by atoms with Gasteiger partial charge in [0.15, 0.2) is 0 Å². The maximum atomic E-state index is 11.2. The summed E-state index contributed by atoms with van der Waals surface area (Å²) in [6, 6.07) is 12.7. The fraction of sp³-hybridized carbons (Fsp3) is 0.235. The van der Waals surface area contributed by atoms with Crippen LogP contribution in [0.2, 0.25) is 10.0 Å². The van der Waals surface area contributed by atoms with Gasteiger partial charge in [-0.15, -0.1) is 0 Å². The Hall–Kier alpha value is -1.55. The van der Waals surface area contributed by atoms with E-state index >= 15 is 0 Å². The van der Waals surface area contributed by atoms with Gasteiger partial charge in [0.05, 0.1) is 11.1 Å². The van der Waals surface area contributed by atoms with Crippen molar-refractivity contribution in [3.05, 3.63) is 63.6 Å². The summed E-state index contributed by atoms with van der Waals surface area (Å²) in [5.74, 6) is 0.223. The number of carbonyl (C=O) groups excluding carboxylic acids is 1. The number of ketones is 1. The van der Waals surface area contributed by atoms with Crippen LogP contribution in [0, 0.1) is 0 Å². The highest BCUT2D eigenvalue weighted by Gasteiger charge is 2.19. The number of carbonyl (C=O) groups is 1. The van der Waals surface area contributed by atoms with Crippen LogP contribution in [-0.2, 0) is 11.4 Å². The second kappa shape index (κ2) is 7.63. The van der Waals surface area contributed by atoms with Crippen LogP contribution in [0.5, 0.6) is 5.75 Å². The molecule has 0 fully saturated rings. The van der Waals surface area contributed by atoms with Crippen molar-refractivity contribution in [3.63, 3.8) is 0 Å². The summed E-state index contributed by atoms with van der Waals surface area (Å²) in [6.45, 7) is 1.72. The number of halogens is 2. The molecule has 0 aromatic heterocycles. The first-order valence-electron chi connectivity index (χ1n) is 6.80. The van der Waals surface area contributed by atoms with Gasteiger partial charge >= 0.3 is 0 Å². The number of Topliss-reactive ketones (excluding diaryl/α,β-unsaturated/α-hetero) is 1. The van der Waals surface area contributed by atoms with E-state index in [-0.39, 0.29) is 12.2 Å². The van der Waals surface area contributed by atoms with Gasteiger partial charge in [-0.1, -0.05) is 53.5 Å². The van der Waals surface area contributed by atoms with Crippen molar-refractivity contribution in [2.75, 3.05) is 0 Å². The Balaban J connectivity index is 2.26. The van der Waals surface area contributed by atoms with E-state index in [1.807, 2.05) is 30.3 Å². The number of rotatable bonds is 6. The molecule has 116 valence electrons. The van der Waals surface area contributed by atoms with E-state index in [0.717, 1.165) is 5.56 Å². The third-order valence-electron chi connectivity index (χ3n) is 3.10. The second-order valence-electron chi connectivity index (χ2n) is 5.00. The molecule has 1 unspecified atom stereocenters. The molecule has 5 heteroatoms. The quantitative estimate of drug-likeness (QED) is 0.838. The van der Waals surface area contributed by atoms with Crippen LogP contribution >= 0.6 is 23.2 Å². The van der Waals surface area contributed by atoms with Gasteiger partial charge in [-0.25, -0.2) is 0 Å². The first kappa shape index (κ1) is 16.8. The molecule has 0 saturated carbocycles.